The first kappa shape index (κ1) is 16.2. The lowest BCUT2D eigenvalue weighted by molar-refractivity contribution is -0.142. The van der Waals surface area contributed by atoms with Gasteiger partial charge in [0.2, 0.25) is 11.8 Å². The molecule has 1 aliphatic carbocycles. The molecule has 6 heteroatoms. The molecule has 2 rings (SSSR count). The van der Waals surface area contributed by atoms with Crippen molar-refractivity contribution in [3.63, 3.8) is 0 Å². The van der Waals surface area contributed by atoms with E-state index in [-0.39, 0.29) is 30.8 Å². The van der Waals surface area contributed by atoms with E-state index < -0.39 is 0 Å². The molecule has 0 spiro atoms. The van der Waals surface area contributed by atoms with Crippen molar-refractivity contribution in [2.75, 3.05) is 32.7 Å². The monoisotopic (exact) mass is 289 g/mol. The zero-order valence-corrected chi connectivity index (χ0v) is 12.2. The maximum Gasteiger partial charge on any atom is 0.236 e. The maximum atomic E-state index is 12.3. The van der Waals surface area contributed by atoms with Gasteiger partial charge in [-0.15, -0.1) is 12.4 Å². The third-order valence-electron chi connectivity index (χ3n) is 4.07. The highest BCUT2D eigenvalue weighted by Gasteiger charge is 2.29. The summed E-state index contributed by atoms with van der Waals surface area (Å²) < 4.78 is 0. The second kappa shape index (κ2) is 7.70. The summed E-state index contributed by atoms with van der Waals surface area (Å²) in [6.07, 6.45) is 5.72. The molecule has 1 aliphatic heterocycles. The molecule has 2 N–H and O–H groups in total. The number of nitrogens with two attached hydrogens (primary N) is 1. The normalized spacial score (nSPS) is 20.9. The second-order valence-corrected chi connectivity index (χ2v) is 5.25. The fourth-order valence-electron chi connectivity index (χ4n) is 2.91. The van der Waals surface area contributed by atoms with Crippen molar-refractivity contribution in [2.24, 2.45) is 11.7 Å². The Bertz CT molecular complexity index is 311. The van der Waals surface area contributed by atoms with Gasteiger partial charge in [0, 0.05) is 32.1 Å². The topological polar surface area (TPSA) is 66.6 Å². The van der Waals surface area contributed by atoms with Crippen LogP contribution < -0.4 is 5.73 Å². The third-order valence-corrected chi connectivity index (χ3v) is 4.07. The first-order valence-corrected chi connectivity index (χ1v) is 6.99. The van der Waals surface area contributed by atoms with Crippen LogP contribution in [0.1, 0.15) is 32.1 Å². The first-order chi connectivity index (χ1) is 8.72. The van der Waals surface area contributed by atoms with E-state index in [1.165, 1.54) is 19.3 Å². The Morgan fingerprint density at radius 2 is 1.47 bits per heavy atom. The number of nitrogens with zero attached hydrogens (tertiary/aromatic N) is 2. The van der Waals surface area contributed by atoms with Crippen LogP contribution >= 0.6 is 12.4 Å². The summed E-state index contributed by atoms with van der Waals surface area (Å²) in [5.74, 6) is 0.518. The molecule has 2 fully saturated rings. The molecule has 0 radical (unpaired) electrons. The number of halogens is 1. The van der Waals surface area contributed by atoms with Gasteiger partial charge >= 0.3 is 0 Å². The number of carbonyl (C=O) groups excluding carboxylic acids is 2. The van der Waals surface area contributed by atoms with Crippen molar-refractivity contribution in [1.29, 1.82) is 0 Å². The van der Waals surface area contributed by atoms with Crippen molar-refractivity contribution in [3.8, 4) is 0 Å². The van der Waals surface area contributed by atoms with Gasteiger partial charge < -0.3 is 15.5 Å². The second-order valence-electron chi connectivity index (χ2n) is 5.25. The van der Waals surface area contributed by atoms with Crippen LogP contribution in [0.15, 0.2) is 0 Å². The Labute approximate surface area is 120 Å². The molecular formula is C13H24ClN3O2. The predicted molar refractivity (Wildman–Crippen MR) is 76.0 cm³/mol. The van der Waals surface area contributed by atoms with Crippen LogP contribution in [0.2, 0.25) is 0 Å². The molecule has 110 valence electrons. The molecule has 2 aliphatic rings. The lowest BCUT2D eigenvalue weighted by Gasteiger charge is -2.37. The number of hydrogen-bond donors (Lipinski definition) is 1. The molecule has 1 saturated heterocycles. The highest BCUT2D eigenvalue weighted by molar-refractivity contribution is 5.85. The Balaban J connectivity index is 0.00000180. The first-order valence-electron chi connectivity index (χ1n) is 6.99. The quantitative estimate of drug-likeness (QED) is 0.810. The number of carbonyl (C=O) groups is 2. The predicted octanol–water partition coefficient (Wildman–Crippen LogP) is 0.618. The van der Waals surface area contributed by atoms with Gasteiger partial charge in [-0.3, -0.25) is 9.59 Å². The standard InChI is InChI=1S/C13H23N3O2.ClH/c14-10-12(17)15-6-8-16(9-7-15)13(18)11-4-2-1-3-5-11;/h11H,1-10,14H2;1H. The van der Waals surface area contributed by atoms with Crippen LogP contribution in [0.3, 0.4) is 0 Å². The molecular weight excluding hydrogens is 266 g/mol. The minimum atomic E-state index is -0.0141. The summed E-state index contributed by atoms with van der Waals surface area (Å²) >= 11 is 0. The highest BCUT2D eigenvalue weighted by atomic mass is 35.5. The molecule has 0 aromatic carbocycles. The summed E-state index contributed by atoms with van der Waals surface area (Å²) in [6, 6.07) is 0. The van der Waals surface area contributed by atoms with Crippen molar-refractivity contribution in [2.45, 2.75) is 32.1 Å². The average molecular weight is 290 g/mol. The van der Waals surface area contributed by atoms with Crippen LogP contribution in [0.4, 0.5) is 0 Å². The van der Waals surface area contributed by atoms with Gasteiger partial charge in [-0.1, -0.05) is 19.3 Å². The van der Waals surface area contributed by atoms with Gasteiger partial charge in [-0.2, -0.15) is 0 Å². The Morgan fingerprint density at radius 3 is 2.00 bits per heavy atom. The number of hydrogen-bond acceptors (Lipinski definition) is 3. The van der Waals surface area contributed by atoms with Crippen molar-refractivity contribution < 1.29 is 9.59 Å². The number of amides is 2. The lowest BCUT2D eigenvalue weighted by atomic mass is 9.88. The fourth-order valence-corrected chi connectivity index (χ4v) is 2.91. The van der Waals surface area contributed by atoms with E-state index >= 15 is 0 Å². The van der Waals surface area contributed by atoms with Gasteiger partial charge in [0.25, 0.3) is 0 Å². The van der Waals surface area contributed by atoms with E-state index in [0.29, 0.717) is 32.1 Å². The Kier molecular flexibility index (Phi) is 6.58. The fraction of sp³-hybridized carbons (Fsp3) is 0.846. The van der Waals surface area contributed by atoms with Crippen LogP contribution in [-0.4, -0.2) is 54.3 Å². The molecule has 0 aromatic rings. The number of piperazine rings is 1. The summed E-state index contributed by atoms with van der Waals surface area (Å²) in [7, 11) is 0. The van der Waals surface area contributed by atoms with Gasteiger partial charge in [-0.25, -0.2) is 0 Å². The highest BCUT2D eigenvalue weighted by Crippen LogP contribution is 2.25. The van der Waals surface area contributed by atoms with Gasteiger partial charge in [0.1, 0.15) is 0 Å². The Hall–Kier alpha value is -0.810. The molecule has 2 amide bonds. The average Bonchev–Trinajstić information content (AvgIpc) is 2.47. The molecule has 0 unspecified atom stereocenters. The Morgan fingerprint density at radius 1 is 0.947 bits per heavy atom. The van der Waals surface area contributed by atoms with Gasteiger partial charge in [0.05, 0.1) is 6.54 Å². The summed E-state index contributed by atoms with van der Waals surface area (Å²) in [5, 5.41) is 0. The lowest BCUT2D eigenvalue weighted by Crippen LogP contribution is -2.53. The molecule has 0 aromatic heterocycles. The summed E-state index contributed by atoms with van der Waals surface area (Å²) in [5.41, 5.74) is 5.34. The largest absolute Gasteiger partial charge is 0.339 e. The number of rotatable bonds is 2. The van der Waals surface area contributed by atoms with Gasteiger partial charge in [0.15, 0.2) is 0 Å². The SMILES string of the molecule is Cl.NCC(=O)N1CCN(C(=O)C2CCCCC2)CC1. The minimum absolute atomic E-state index is 0. The molecule has 1 heterocycles. The van der Waals surface area contributed by atoms with E-state index in [1.54, 1.807) is 4.90 Å². The molecule has 0 bridgehead atoms. The smallest absolute Gasteiger partial charge is 0.236 e. The molecule has 5 nitrogen and oxygen atoms in total. The van der Waals surface area contributed by atoms with E-state index in [1.807, 2.05) is 4.90 Å². The van der Waals surface area contributed by atoms with Crippen molar-refractivity contribution >= 4 is 24.2 Å². The van der Waals surface area contributed by atoms with Crippen molar-refractivity contribution in [1.82, 2.24) is 9.80 Å². The van der Waals surface area contributed by atoms with E-state index in [4.69, 9.17) is 5.73 Å². The zero-order chi connectivity index (χ0) is 13.0. The van der Waals surface area contributed by atoms with E-state index in [2.05, 4.69) is 0 Å². The van der Waals surface area contributed by atoms with Crippen LogP contribution in [0.5, 0.6) is 0 Å². The molecule has 1 saturated carbocycles. The molecule has 0 atom stereocenters. The summed E-state index contributed by atoms with van der Waals surface area (Å²) in [6.45, 7) is 2.67. The third kappa shape index (κ3) is 4.08. The maximum absolute atomic E-state index is 12.3. The van der Waals surface area contributed by atoms with Crippen LogP contribution in [0, 0.1) is 5.92 Å². The zero-order valence-electron chi connectivity index (χ0n) is 11.3. The minimum Gasteiger partial charge on any atom is -0.339 e. The van der Waals surface area contributed by atoms with Crippen molar-refractivity contribution in [3.05, 3.63) is 0 Å². The van der Waals surface area contributed by atoms with E-state index in [9.17, 15) is 9.59 Å². The van der Waals surface area contributed by atoms with Gasteiger partial charge in [-0.05, 0) is 12.8 Å². The van der Waals surface area contributed by atoms with E-state index in [0.717, 1.165) is 12.8 Å². The summed E-state index contributed by atoms with van der Waals surface area (Å²) in [4.78, 5) is 27.4. The van der Waals surface area contributed by atoms with Crippen LogP contribution in [-0.2, 0) is 9.59 Å². The van der Waals surface area contributed by atoms with Crippen LogP contribution in [0.25, 0.3) is 0 Å². The molecule has 19 heavy (non-hydrogen) atoms.